The van der Waals surface area contributed by atoms with Crippen molar-refractivity contribution in [1.82, 2.24) is 5.32 Å². The average molecular weight is 1260 g/mol. The Morgan fingerprint density at radius 1 is 0.303 bits per heavy atom. The minimum Gasteiger partial charge on any atom is -0.466 e. The van der Waals surface area contributed by atoms with Gasteiger partial charge in [-0.3, -0.25) is 9.59 Å². The Hall–Kier alpha value is -1.40. The van der Waals surface area contributed by atoms with E-state index in [2.05, 4.69) is 31.3 Å². The topological polar surface area (TPSA) is 95.9 Å². The normalized spacial score (nSPS) is 12.4. The Balaban J connectivity index is 3.32. The fourth-order valence-electron chi connectivity index (χ4n) is 13.5. The summed E-state index contributed by atoms with van der Waals surface area (Å²) in [5.74, 6) is -0.00520. The summed E-state index contributed by atoms with van der Waals surface area (Å²) < 4.78 is 5.52. The van der Waals surface area contributed by atoms with E-state index in [9.17, 15) is 19.8 Å². The molecular weight excluding hydrogens is 1090 g/mol. The van der Waals surface area contributed by atoms with Gasteiger partial charge in [-0.15, -0.1) is 0 Å². The van der Waals surface area contributed by atoms with Crippen molar-refractivity contribution in [1.29, 1.82) is 0 Å². The average Bonchev–Trinajstić information content (AvgIpc) is 3.60. The zero-order valence-electron chi connectivity index (χ0n) is 61.0. The summed E-state index contributed by atoms with van der Waals surface area (Å²) in [6, 6.07) is -0.539. The summed E-state index contributed by atoms with van der Waals surface area (Å²) in [6.07, 6.45) is 100. The number of carbonyl (C=O) groups excluding carboxylic acids is 2. The molecule has 0 aromatic carbocycles. The van der Waals surface area contributed by atoms with Gasteiger partial charge >= 0.3 is 5.97 Å². The number of hydrogen-bond donors (Lipinski definition) is 3. The number of hydrogen-bond acceptors (Lipinski definition) is 5. The van der Waals surface area contributed by atoms with Gasteiger partial charge in [-0.05, 0) is 51.4 Å². The number of nitrogens with one attached hydrogen (secondary N) is 1. The smallest absolute Gasteiger partial charge is 0.305 e. The van der Waals surface area contributed by atoms with Gasteiger partial charge in [-0.2, -0.15) is 0 Å². The molecule has 0 rings (SSSR count). The van der Waals surface area contributed by atoms with Gasteiger partial charge in [-0.25, -0.2) is 0 Å². The minimum atomic E-state index is -0.662. The molecule has 0 radical (unpaired) electrons. The van der Waals surface area contributed by atoms with Gasteiger partial charge in [0.25, 0.3) is 0 Å². The summed E-state index contributed by atoms with van der Waals surface area (Å²) in [6.45, 7) is 5.01. The molecule has 0 aliphatic heterocycles. The summed E-state index contributed by atoms with van der Waals surface area (Å²) in [5.41, 5.74) is 0. The summed E-state index contributed by atoms with van der Waals surface area (Å²) in [5, 5.41) is 23.5. The van der Waals surface area contributed by atoms with Gasteiger partial charge in [0.15, 0.2) is 0 Å². The number of amides is 1. The van der Waals surface area contributed by atoms with Crippen molar-refractivity contribution in [3.05, 3.63) is 12.2 Å². The first-order valence-electron chi connectivity index (χ1n) is 41.4. The highest BCUT2D eigenvalue weighted by molar-refractivity contribution is 5.76. The highest BCUT2D eigenvalue weighted by Gasteiger charge is 2.20. The second-order valence-electron chi connectivity index (χ2n) is 28.8. The van der Waals surface area contributed by atoms with Crippen LogP contribution in [0.1, 0.15) is 483 Å². The molecule has 2 unspecified atom stereocenters. The van der Waals surface area contributed by atoms with Gasteiger partial charge in [0, 0.05) is 12.8 Å². The third-order valence-corrected chi connectivity index (χ3v) is 19.8. The lowest BCUT2D eigenvalue weighted by molar-refractivity contribution is -0.143. The van der Waals surface area contributed by atoms with E-state index >= 15 is 0 Å². The molecule has 0 aromatic heterocycles. The second-order valence-corrected chi connectivity index (χ2v) is 28.8. The van der Waals surface area contributed by atoms with Crippen LogP contribution in [0.25, 0.3) is 0 Å². The number of ether oxygens (including phenoxy) is 1. The number of carbonyl (C=O) groups is 2. The first-order valence-corrected chi connectivity index (χ1v) is 41.4. The van der Waals surface area contributed by atoms with Crippen LogP contribution >= 0.6 is 0 Å². The van der Waals surface area contributed by atoms with E-state index < -0.39 is 12.1 Å². The molecule has 0 aliphatic rings. The van der Waals surface area contributed by atoms with E-state index in [1.165, 1.54) is 411 Å². The standard InChI is InChI=1S/C83H163NO5/c1-3-5-7-9-11-13-15-17-19-21-23-24-34-37-40-43-47-51-55-59-63-67-71-75-81(86)80(79-85)84-82(87)76-72-68-64-60-56-52-48-44-41-38-35-32-30-28-26-25-27-29-31-33-36-39-42-46-50-54-58-62-66-70-74-78-89-83(88)77-73-69-65-61-57-53-49-45-22-20-18-16-14-12-10-8-6-4-2/h20,22,80-81,85-86H,3-19,21,23-79H2,1-2H3,(H,84,87)/b22-20-. The molecule has 2 atom stereocenters. The molecule has 0 aliphatic carbocycles. The quantitative estimate of drug-likeness (QED) is 0.0320. The van der Waals surface area contributed by atoms with Gasteiger partial charge in [0.05, 0.1) is 25.4 Å². The fourth-order valence-corrected chi connectivity index (χ4v) is 13.5. The molecule has 6 nitrogen and oxygen atoms in total. The molecule has 0 spiro atoms. The van der Waals surface area contributed by atoms with Crippen molar-refractivity contribution in [3.63, 3.8) is 0 Å². The van der Waals surface area contributed by atoms with Crippen LogP contribution in [0.3, 0.4) is 0 Å². The second kappa shape index (κ2) is 79.0. The van der Waals surface area contributed by atoms with E-state index in [1.807, 2.05) is 0 Å². The van der Waals surface area contributed by atoms with Crippen LogP contribution in [0.5, 0.6) is 0 Å². The zero-order chi connectivity index (χ0) is 64.2. The molecule has 1 amide bonds. The zero-order valence-corrected chi connectivity index (χ0v) is 61.0. The molecule has 0 saturated heterocycles. The van der Waals surface area contributed by atoms with Crippen LogP contribution < -0.4 is 5.32 Å². The van der Waals surface area contributed by atoms with Gasteiger partial charge in [0.2, 0.25) is 5.91 Å². The van der Waals surface area contributed by atoms with Crippen molar-refractivity contribution in [2.75, 3.05) is 13.2 Å². The van der Waals surface area contributed by atoms with Crippen LogP contribution in [0, 0.1) is 0 Å². The largest absolute Gasteiger partial charge is 0.466 e. The maximum absolute atomic E-state index is 12.6. The Morgan fingerprint density at radius 3 is 0.798 bits per heavy atom. The van der Waals surface area contributed by atoms with Crippen LogP contribution in [-0.4, -0.2) is 47.4 Å². The molecule has 530 valence electrons. The first kappa shape index (κ1) is 87.6. The van der Waals surface area contributed by atoms with Gasteiger partial charge in [0.1, 0.15) is 0 Å². The van der Waals surface area contributed by atoms with Crippen LogP contribution in [0.4, 0.5) is 0 Å². The van der Waals surface area contributed by atoms with Crippen molar-refractivity contribution in [3.8, 4) is 0 Å². The van der Waals surface area contributed by atoms with Crippen molar-refractivity contribution in [2.45, 2.75) is 495 Å². The number of rotatable bonds is 79. The number of unbranched alkanes of at least 4 members (excludes halogenated alkanes) is 66. The third-order valence-electron chi connectivity index (χ3n) is 19.8. The third kappa shape index (κ3) is 75.5. The van der Waals surface area contributed by atoms with Crippen molar-refractivity contribution >= 4 is 11.9 Å². The first-order chi connectivity index (χ1) is 44.0. The molecule has 6 heteroatoms. The summed E-state index contributed by atoms with van der Waals surface area (Å²) in [7, 11) is 0. The Morgan fingerprint density at radius 2 is 0.528 bits per heavy atom. The van der Waals surface area contributed by atoms with Crippen molar-refractivity contribution < 1.29 is 24.5 Å². The van der Waals surface area contributed by atoms with Crippen molar-refractivity contribution in [2.24, 2.45) is 0 Å². The lowest BCUT2D eigenvalue weighted by Crippen LogP contribution is -2.45. The van der Waals surface area contributed by atoms with Crippen LogP contribution in [-0.2, 0) is 14.3 Å². The Labute approximate surface area is 559 Å². The van der Waals surface area contributed by atoms with Crippen LogP contribution in [0.2, 0.25) is 0 Å². The Bertz CT molecular complexity index is 1350. The maximum Gasteiger partial charge on any atom is 0.305 e. The summed E-state index contributed by atoms with van der Waals surface area (Å²) >= 11 is 0. The van der Waals surface area contributed by atoms with Crippen LogP contribution in [0.15, 0.2) is 12.2 Å². The molecule has 0 saturated carbocycles. The number of aliphatic hydroxyl groups excluding tert-OH is 2. The molecule has 89 heavy (non-hydrogen) atoms. The van der Waals surface area contributed by atoms with E-state index in [-0.39, 0.29) is 18.5 Å². The van der Waals surface area contributed by atoms with Gasteiger partial charge < -0.3 is 20.3 Å². The molecule has 0 aromatic rings. The monoisotopic (exact) mass is 1250 g/mol. The predicted octanol–water partition coefficient (Wildman–Crippen LogP) is 27.4. The van der Waals surface area contributed by atoms with E-state index in [4.69, 9.17) is 4.74 Å². The fraction of sp³-hybridized carbons (Fsp3) is 0.952. The molecule has 0 fully saturated rings. The lowest BCUT2D eigenvalue weighted by atomic mass is 10.0. The van der Waals surface area contributed by atoms with Gasteiger partial charge in [-0.1, -0.05) is 431 Å². The Kier molecular flexibility index (Phi) is 77.8. The molecule has 0 bridgehead atoms. The molecule has 3 N–H and O–H groups in total. The number of allylic oxidation sites excluding steroid dienone is 2. The number of aliphatic hydroxyl groups is 2. The molecular formula is C83H163NO5. The summed E-state index contributed by atoms with van der Waals surface area (Å²) in [4.78, 5) is 24.7. The number of esters is 1. The highest BCUT2D eigenvalue weighted by Crippen LogP contribution is 2.21. The highest BCUT2D eigenvalue weighted by atomic mass is 16.5. The SMILES string of the molecule is CCCCCCCCC/C=C\CCCCCCCCCC(=O)OCCCCCCCCCCCCCCCCCCCCCCCCCCCCCCCCCC(=O)NC(CO)C(O)CCCCCCCCCCCCCCCCCCCCCCCCC. The van der Waals surface area contributed by atoms with E-state index in [0.29, 0.717) is 25.9 Å². The lowest BCUT2D eigenvalue weighted by Gasteiger charge is -2.22. The molecule has 0 heterocycles. The van der Waals surface area contributed by atoms with E-state index in [1.54, 1.807) is 0 Å². The van der Waals surface area contributed by atoms with E-state index in [0.717, 1.165) is 38.5 Å². The predicted molar refractivity (Wildman–Crippen MR) is 394 cm³/mol. The minimum absolute atomic E-state index is 0.0193. The maximum atomic E-state index is 12.6.